The van der Waals surface area contributed by atoms with Gasteiger partial charge in [-0.3, -0.25) is 4.79 Å². The quantitative estimate of drug-likeness (QED) is 0.487. The highest BCUT2D eigenvalue weighted by atomic mass is 16.1. The Balaban J connectivity index is 2.50. The van der Waals surface area contributed by atoms with Crippen molar-refractivity contribution in [2.24, 2.45) is 0 Å². The lowest BCUT2D eigenvalue weighted by Crippen LogP contribution is -2.29. The highest BCUT2D eigenvalue weighted by molar-refractivity contribution is 5.97. The van der Waals surface area contributed by atoms with Crippen molar-refractivity contribution in [1.29, 1.82) is 0 Å². The summed E-state index contributed by atoms with van der Waals surface area (Å²) in [6.45, 7) is 1.01. The van der Waals surface area contributed by atoms with E-state index < -0.39 is 0 Å². The van der Waals surface area contributed by atoms with Crippen LogP contribution in [0.1, 0.15) is 16.2 Å². The van der Waals surface area contributed by atoms with E-state index in [-0.39, 0.29) is 5.78 Å². The van der Waals surface area contributed by atoms with Gasteiger partial charge in [0.1, 0.15) is 5.69 Å². The van der Waals surface area contributed by atoms with Gasteiger partial charge >= 0.3 is 0 Å². The predicted octanol–water partition coefficient (Wildman–Crippen LogP) is -0.909. The number of hydrogen-bond acceptors (Lipinski definition) is 4. The summed E-state index contributed by atoms with van der Waals surface area (Å²) in [6.07, 6.45) is 0. The zero-order valence-corrected chi connectivity index (χ0v) is 5.22. The minimum absolute atomic E-state index is 0.00926. The highest BCUT2D eigenvalue weighted by Gasteiger charge is 2.19. The van der Waals surface area contributed by atoms with Gasteiger partial charge in [0.05, 0.1) is 6.54 Å². The van der Waals surface area contributed by atoms with Gasteiger partial charge in [0.25, 0.3) is 0 Å². The first kappa shape index (κ1) is 5.55. The molecule has 52 valence electrons. The van der Waals surface area contributed by atoms with Crippen molar-refractivity contribution in [3.05, 3.63) is 11.4 Å². The molecule has 10 heavy (non-hydrogen) atoms. The molecule has 0 fully saturated rings. The van der Waals surface area contributed by atoms with Crippen molar-refractivity contribution in [1.82, 2.24) is 20.7 Å². The fraction of sp³-hybridized carbons (Fsp3) is 0.400. The van der Waals surface area contributed by atoms with Crippen LogP contribution in [0.5, 0.6) is 0 Å². The number of Topliss-reactive ketones (excluding diaryl/α,β-unsaturated/α-hetero) is 1. The smallest absolute Gasteiger partial charge is 0.198 e. The average molecular weight is 138 g/mol. The van der Waals surface area contributed by atoms with E-state index in [1.165, 1.54) is 0 Å². The lowest BCUT2D eigenvalue weighted by molar-refractivity contribution is 0.0977. The average Bonchev–Trinajstić information content (AvgIpc) is 2.36. The molecule has 0 radical (unpaired) electrons. The molecule has 0 saturated carbocycles. The zero-order chi connectivity index (χ0) is 6.97. The van der Waals surface area contributed by atoms with E-state index in [0.717, 1.165) is 5.69 Å². The summed E-state index contributed by atoms with van der Waals surface area (Å²) in [6, 6.07) is 0. The first-order chi connectivity index (χ1) is 4.88. The largest absolute Gasteiger partial charge is 0.304 e. The van der Waals surface area contributed by atoms with E-state index in [9.17, 15) is 4.79 Å². The first-order valence-corrected chi connectivity index (χ1v) is 3.01. The van der Waals surface area contributed by atoms with Gasteiger partial charge in [0, 0.05) is 6.54 Å². The van der Waals surface area contributed by atoms with E-state index in [4.69, 9.17) is 0 Å². The van der Waals surface area contributed by atoms with E-state index in [2.05, 4.69) is 20.7 Å². The lowest BCUT2D eigenvalue weighted by atomic mass is 10.2. The first-order valence-electron chi connectivity index (χ1n) is 3.01. The van der Waals surface area contributed by atoms with Gasteiger partial charge in [-0.05, 0) is 0 Å². The van der Waals surface area contributed by atoms with Crippen LogP contribution >= 0.6 is 0 Å². The van der Waals surface area contributed by atoms with Gasteiger partial charge < -0.3 is 5.32 Å². The second-order valence-corrected chi connectivity index (χ2v) is 2.15. The van der Waals surface area contributed by atoms with Gasteiger partial charge in [-0.2, -0.15) is 15.4 Å². The van der Waals surface area contributed by atoms with E-state index in [1.54, 1.807) is 0 Å². The molecule has 2 heterocycles. The summed E-state index contributed by atoms with van der Waals surface area (Å²) in [5.41, 5.74) is 1.20. The molecule has 0 aromatic carbocycles. The maximum absolute atomic E-state index is 11.0. The Morgan fingerprint density at radius 2 is 2.20 bits per heavy atom. The van der Waals surface area contributed by atoms with Crippen molar-refractivity contribution < 1.29 is 4.79 Å². The Bertz CT molecular complexity index is 266. The molecule has 0 amide bonds. The number of ketones is 1. The summed E-state index contributed by atoms with van der Waals surface area (Å²) in [4.78, 5) is 11.0. The standard InChI is InChI=1S/C5H6N4O/c10-4-2-6-1-3-5(4)8-9-7-3/h6H,1-2H2,(H,7,8,9). The molecule has 1 aliphatic rings. The van der Waals surface area contributed by atoms with Crippen molar-refractivity contribution >= 4 is 5.78 Å². The summed E-state index contributed by atoms with van der Waals surface area (Å²) in [5, 5.41) is 12.8. The molecule has 2 rings (SSSR count). The molecule has 2 N–H and O–H groups in total. The molecule has 0 spiro atoms. The van der Waals surface area contributed by atoms with Crippen LogP contribution in [0.15, 0.2) is 0 Å². The number of aromatic amines is 1. The molecule has 1 aromatic heterocycles. The SMILES string of the molecule is O=C1CNCc2n[nH]nc21. The molecule has 0 atom stereocenters. The minimum atomic E-state index is 0.00926. The van der Waals surface area contributed by atoms with Crippen LogP contribution < -0.4 is 5.32 Å². The van der Waals surface area contributed by atoms with Crippen molar-refractivity contribution in [3.63, 3.8) is 0 Å². The second-order valence-electron chi connectivity index (χ2n) is 2.15. The molecule has 0 bridgehead atoms. The third-order valence-corrected chi connectivity index (χ3v) is 1.46. The van der Waals surface area contributed by atoms with Gasteiger partial charge in [-0.15, -0.1) is 0 Å². The lowest BCUT2D eigenvalue weighted by Gasteiger charge is -2.06. The fourth-order valence-electron chi connectivity index (χ4n) is 0.978. The number of fused-ring (bicyclic) bond motifs is 1. The third kappa shape index (κ3) is 0.640. The monoisotopic (exact) mass is 138 g/mol. The summed E-state index contributed by atoms with van der Waals surface area (Å²) >= 11 is 0. The van der Waals surface area contributed by atoms with Crippen LogP contribution in [0.2, 0.25) is 0 Å². The molecule has 5 nitrogen and oxygen atoms in total. The van der Waals surface area contributed by atoms with E-state index in [0.29, 0.717) is 18.8 Å². The van der Waals surface area contributed by atoms with Crippen LogP contribution in [0.25, 0.3) is 0 Å². The molecule has 1 aromatic rings. The molecule has 5 heteroatoms. The number of rotatable bonds is 0. The summed E-state index contributed by atoms with van der Waals surface area (Å²) in [7, 11) is 0. The van der Waals surface area contributed by atoms with Gasteiger partial charge in [-0.25, -0.2) is 0 Å². The second kappa shape index (κ2) is 1.88. The van der Waals surface area contributed by atoms with Gasteiger partial charge in [0.15, 0.2) is 11.5 Å². The topological polar surface area (TPSA) is 70.7 Å². The number of aromatic nitrogens is 3. The summed E-state index contributed by atoms with van der Waals surface area (Å²) in [5.74, 6) is 0.00926. The Hall–Kier alpha value is -1.23. The van der Waals surface area contributed by atoms with Crippen molar-refractivity contribution in [3.8, 4) is 0 Å². The van der Waals surface area contributed by atoms with Gasteiger partial charge in [-0.1, -0.05) is 0 Å². The molecular weight excluding hydrogens is 132 g/mol. The number of nitrogens with one attached hydrogen (secondary N) is 2. The van der Waals surface area contributed by atoms with Crippen molar-refractivity contribution in [2.75, 3.05) is 6.54 Å². The molecule has 0 aliphatic carbocycles. The number of carbonyl (C=O) groups excluding carboxylic acids is 1. The molecule has 0 unspecified atom stereocenters. The van der Waals surface area contributed by atoms with Crippen LogP contribution in [-0.2, 0) is 6.54 Å². The number of hydrogen-bond donors (Lipinski definition) is 2. The normalized spacial score (nSPS) is 17.0. The minimum Gasteiger partial charge on any atom is -0.304 e. The maximum atomic E-state index is 11.0. The van der Waals surface area contributed by atoms with Crippen LogP contribution in [0.4, 0.5) is 0 Å². The van der Waals surface area contributed by atoms with E-state index >= 15 is 0 Å². The Kier molecular flexibility index (Phi) is 1.04. The Labute approximate surface area is 56.8 Å². The molecular formula is C5H6N4O. The maximum Gasteiger partial charge on any atom is 0.198 e. The predicted molar refractivity (Wildman–Crippen MR) is 32.4 cm³/mol. The zero-order valence-electron chi connectivity index (χ0n) is 5.22. The van der Waals surface area contributed by atoms with Crippen LogP contribution in [0, 0.1) is 0 Å². The number of nitrogens with zero attached hydrogens (tertiary/aromatic N) is 2. The molecule has 0 saturated heterocycles. The number of H-pyrrole nitrogens is 1. The Morgan fingerprint density at radius 1 is 1.30 bits per heavy atom. The number of carbonyl (C=O) groups is 1. The summed E-state index contributed by atoms with van der Waals surface area (Å²) < 4.78 is 0. The van der Waals surface area contributed by atoms with E-state index in [1.807, 2.05) is 0 Å². The fourth-order valence-corrected chi connectivity index (χ4v) is 0.978. The van der Waals surface area contributed by atoms with Crippen LogP contribution in [0.3, 0.4) is 0 Å². The van der Waals surface area contributed by atoms with Gasteiger partial charge in [0.2, 0.25) is 0 Å². The van der Waals surface area contributed by atoms with Crippen LogP contribution in [-0.4, -0.2) is 27.7 Å². The highest BCUT2D eigenvalue weighted by Crippen LogP contribution is 2.04. The third-order valence-electron chi connectivity index (χ3n) is 1.46. The molecule has 1 aliphatic heterocycles. The van der Waals surface area contributed by atoms with Crippen molar-refractivity contribution in [2.45, 2.75) is 6.54 Å². The Morgan fingerprint density at radius 3 is 3.00 bits per heavy atom.